The Morgan fingerprint density at radius 3 is 2.55 bits per heavy atom. The Bertz CT molecular complexity index is 167. The van der Waals surface area contributed by atoms with Crippen LogP contribution in [0.1, 0.15) is 19.3 Å². The zero-order valence-electron chi connectivity index (χ0n) is 6.75. The van der Waals surface area contributed by atoms with Crippen LogP contribution < -0.4 is 5.32 Å². The number of hydrogen-bond acceptors (Lipinski definition) is 2. The molecule has 0 spiro atoms. The molecule has 3 aliphatic heterocycles. The third-order valence-electron chi connectivity index (χ3n) is 3.57. The molecule has 0 aromatic heterocycles. The third-order valence-corrected chi connectivity index (χ3v) is 3.57. The van der Waals surface area contributed by atoms with Crippen LogP contribution in [0, 0.1) is 11.8 Å². The summed E-state index contributed by atoms with van der Waals surface area (Å²) in [6, 6.07) is 0. The van der Waals surface area contributed by atoms with Crippen LogP contribution >= 0.6 is 0 Å². The fraction of sp³-hybridized carbons (Fsp3) is 1.00. The van der Waals surface area contributed by atoms with Crippen molar-refractivity contribution in [1.29, 1.82) is 0 Å². The van der Waals surface area contributed by atoms with Crippen LogP contribution in [0.4, 0.5) is 0 Å². The van der Waals surface area contributed by atoms with Gasteiger partial charge in [-0.15, -0.1) is 0 Å². The Morgan fingerprint density at radius 2 is 2.09 bits per heavy atom. The van der Waals surface area contributed by atoms with Crippen molar-refractivity contribution in [3.8, 4) is 0 Å². The minimum absolute atomic E-state index is 0.644. The molecule has 11 heavy (non-hydrogen) atoms. The van der Waals surface area contributed by atoms with Gasteiger partial charge in [-0.3, -0.25) is 0 Å². The van der Waals surface area contributed by atoms with Crippen molar-refractivity contribution >= 4 is 0 Å². The van der Waals surface area contributed by atoms with Crippen molar-refractivity contribution < 1.29 is 4.74 Å². The SMILES string of the molecule is C1CC2OC1CC2C1CNC1. The van der Waals surface area contributed by atoms with Gasteiger partial charge in [0.15, 0.2) is 0 Å². The number of hydrogen-bond donors (Lipinski definition) is 1. The van der Waals surface area contributed by atoms with Gasteiger partial charge >= 0.3 is 0 Å². The monoisotopic (exact) mass is 153 g/mol. The van der Waals surface area contributed by atoms with Gasteiger partial charge in [0, 0.05) is 0 Å². The van der Waals surface area contributed by atoms with Crippen LogP contribution in [0.2, 0.25) is 0 Å². The summed E-state index contributed by atoms with van der Waals surface area (Å²) in [6.45, 7) is 2.49. The predicted octanol–water partition coefficient (Wildman–Crippen LogP) is 0.773. The van der Waals surface area contributed by atoms with Crippen LogP contribution in [-0.2, 0) is 4.74 Å². The molecule has 0 amide bonds. The van der Waals surface area contributed by atoms with E-state index < -0.39 is 0 Å². The Morgan fingerprint density at radius 1 is 1.18 bits per heavy atom. The molecule has 2 bridgehead atoms. The molecule has 0 aliphatic carbocycles. The molecular formula is C9H15NO. The first-order chi connectivity index (χ1) is 5.43. The normalized spacial score (nSPS) is 49.6. The summed E-state index contributed by atoms with van der Waals surface area (Å²) >= 11 is 0. The number of ether oxygens (including phenoxy) is 1. The lowest BCUT2D eigenvalue weighted by Crippen LogP contribution is -2.48. The van der Waals surface area contributed by atoms with Gasteiger partial charge in [-0.25, -0.2) is 0 Å². The lowest BCUT2D eigenvalue weighted by molar-refractivity contribution is 0.0732. The molecule has 3 saturated heterocycles. The maximum atomic E-state index is 5.81. The highest BCUT2D eigenvalue weighted by Crippen LogP contribution is 2.43. The summed E-state index contributed by atoms with van der Waals surface area (Å²) in [6.07, 6.45) is 5.32. The maximum Gasteiger partial charge on any atom is 0.0612 e. The molecule has 0 aromatic rings. The maximum absolute atomic E-state index is 5.81. The molecule has 0 radical (unpaired) electrons. The summed E-state index contributed by atoms with van der Waals surface area (Å²) in [4.78, 5) is 0. The van der Waals surface area contributed by atoms with Crippen molar-refractivity contribution in [3.05, 3.63) is 0 Å². The molecule has 3 heterocycles. The van der Waals surface area contributed by atoms with E-state index in [0.29, 0.717) is 12.2 Å². The van der Waals surface area contributed by atoms with E-state index in [0.717, 1.165) is 11.8 Å². The topological polar surface area (TPSA) is 21.3 Å². The van der Waals surface area contributed by atoms with E-state index in [1.54, 1.807) is 0 Å². The quantitative estimate of drug-likeness (QED) is 0.601. The first-order valence-corrected chi connectivity index (χ1v) is 4.79. The molecule has 3 fully saturated rings. The highest BCUT2D eigenvalue weighted by molar-refractivity contribution is 4.96. The van der Waals surface area contributed by atoms with Crippen molar-refractivity contribution in [2.45, 2.75) is 31.5 Å². The van der Waals surface area contributed by atoms with Crippen molar-refractivity contribution in [1.82, 2.24) is 5.32 Å². The molecule has 0 saturated carbocycles. The van der Waals surface area contributed by atoms with E-state index in [-0.39, 0.29) is 0 Å². The second-order valence-electron chi connectivity index (χ2n) is 4.19. The number of rotatable bonds is 1. The van der Waals surface area contributed by atoms with E-state index in [2.05, 4.69) is 5.32 Å². The lowest BCUT2D eigenvalue weighted by Gasteiger charge is -2.35. The largest absolute Gasteiger partial charge is 0.375 e. The molecule has 3 atom stereocenters. The van der Waals surface area contributed by atoms with Crippen LogP contribution in [0.5, 0.6) is 0 Å². The molecule has 0 aromatic carbocycles. The molecule has 62 valence electrons. The van der Waals surface area contributed by atoms with E-state index >= 15 is 0 Å². The van der Waals surface area contributed by atoms with Crippen LogP contribution in [0.25, 0.3) is 0 Å². The average molecular weight is 153 g/mol. The molecular weight excluding hydrogens is 138 g/mol. The Balaban J connectivity index is 1.70. The Hall–Kier alpha value is -0.0800. The summed E-state index contributed by atoms with van der Waals surface area (Å²) in [5, 5.41) is 3.34. The van der Waals surface area contributed by atoms with E-state index in [1.165, 1.54) is 32.4 Å². The highest BCUT2D eigenvalue weighted by atomic mass is 16.5. The van der Waals surface area contributed by atoms with E-state index in [1.807, 2.05) is 0 Å². The van der Waals surface area contributed by atoms with Gasteiger partial charge in [-0.2, -0.15) is 0 Å². The van der Waals surface area contributed by atoms with Gasteiger partial charge in [0.2, 0.25) is 0 Å². The van der Waals surface area contributed by atoms with Gasteiger partial charge in [-0.05, 0) is 44.2 Å². The Kier molecular flexibility index (Phi) is 1.29. The summed E-state index contributed by atoms with van der Waals surface area (Å²) in [5.74, 6) is 1.86. The predicted molar refractivity (Wildman–Crippen MR) is 42.4 cm³/mol. The zero-order valence-corrected chi connectivity index (χ0v) is 6.75. The summed E-state index contributed by atoms with van der Waals surface area (Å²) < 4.78 is 5.81. The molecule has 3 aliphatic rings. The van der Waals surface area contributed by atoms with Crippen LogP contribution in [0.15, 0.2) is 0 Å². The highest BCUT2D eigenvalue weighted by Gasteiger charge is 2.45. The van der Waals surface area contributed by atoms with Crippen molar-refractivity contribution in [3.63, 3.8) is 0 Å². The third kappa shape index (κ3) is 0.859. The number of fused-ring (bicyclic) bond motifs is 2. The van der Waals surface area contributed by atoms with Gasteiger partial charge in [0.05, 0.1) is 12.2 Å². The van der Waals surface area contributed by atoms with Crippen molar-refractivity contribution in [2.75, 3.05) is 13.1 Å². The zero-order chi connectivity index (χ0) is 7.26. The second kappa shape index (κ2) is 2.20. The second-order valence-corrected chi connectivity index (χ2v) is 4.19. The summed E-state index contributed by atoms with van der Waals surface area (Å²) in [5.41, 5.74) is 0. The van der Waals surface area contributed by atoms with Gasteiger partial charge < -0.3 is 10.1 Å². The Labute approximate surface area is 67.3 Å². The van der Waals surface area contributed by atoms with Gasteiger partial charge in [0.1, 0.15) is 0 Å². The first kappa shape index (κ1) is 6.44. The van der Waals surface area contributed by atoms with Crippen LogP contribution in [-0.4, -0.2) is 25.3 Å². The smallest absolute Gasteiger partial charge is 0.0612 e. The lowest BCUT2D eigenvalue weighted by atomic mass is 9.77. The van der Waals surface area contributed by atoms with E-state index in [4.69, 9.17) is 4.74 Å². The fourth-order valence-electron chi connectivity index (χ4n) is 2.79. The molecule has 3 unspecified atom stereocenters. The van der Waals surface area contributed by atoms with Crippen LogP contribution in [0.3, 0.4) is 0 Å². The van der Waals surface area contributed by atoms with Gasteiger partial charge in [0.25, 0.3) is 0 Å². The molecule has 1 N–H and O–H groups in total. The van der Waals surface area contributed by atoms with Gasteiger partial charge in [-0.1, -0.05) is 0 Å². The summed E-state index contributed by atoms with van der Waals surface area (Å²) in [7, 11) is 0. The first-order valence-electron chi connectivity index (χ1n) is 4.79. The fourth-order valence-corrected chi connectivity index (χ4v) is 2.79. The molecule has 2 nitrogen and oxygen atoms in total. The average Bonchev–Trinajstić information content (AvgIpc) is 2.42. The minimum Gasteiger partial charge on any atom is -0.375 e. The van der Waals surface area contributed by atoms with E-state index in [9.17, 15) is 0 Å². The number of nitrogens with one attached hydrogen (secondary N) is 1. The standard InChI is InChI=1S/C9H15NO/c1-2-9-8(3-7(1)11-9)6-4-10-5-6/h6-10H,1-5H2. The minimum atomic E-state index is 0.644. The molecule has 3 rings (SSSR count). The molecule has 2 heteroatoms. The van der Waals surface area contributed by atoms with Crippen molar-refractivity contribution in [2.24, 2.45) is 11.8 Å².